The van der Waals surface area contributed by atoms with Crippen LogP contribution in [0.15, 0.2) is 84.9 Å². The Balaban J connectivity index is 0.000000162. The number of rotatable bonds is 4. The Morgan fingerprint density at radius 2 is 1.85 bits per heavy atom. The van der Waals surface area contributed by atoms with Crippen molar-refractivity contribution < 1.29 is 6.63 Å². The van der Waals surface area contributed by atoms with Gasteiger partial charge in [0.05, 0.1) is 28.5 Å². The maximum absolute atomic E-state index is 8.81. The molecule has 3 aromatic carbocycles. The van der Waals surface area contributed by atoms with Crippen molar-refractivity contribution in [3.05, 3.63) is 96.2 Å². The van der Waals surface area contributed by atoms with Gasteiger partial charge in [0.2, 0.25) is 0 Å². The molecule has 1 aromatic heterocycles. The molecule has 6 heteroatoms. The number of pyridine rings is 1. The van der Waals surface area contributed by atoms with Crippen LogP contribution in [0.1, 0.15) is 19.1 Å². The van der Waals surface area contributed by atoms with Gasteiger partial charge in [-0.25, -0.2) is 0 Å². The lowest BCUT2D eigenvalue weighted by molar-refractivity contribution is 0.215. The lowest BCUT2D eigenvalue weighted by atomic mass is 10.0. The molecule has 0 unspecified atom stereocenters. The lowest BCUT2D eigenvalue weighted by Crippen LogP contribution is -2.43. The highest BCUT2D eigenvalue weighted by atomic mass is 16.5. The summed E-state index contributed by atoms with van der Waals surface area (Å²) in [5.74, 6) is 0. The molecule has 2 aliphatic heterocycles. The molecule has 34 heavy (non-hydrogen) atoms. The van der Waals surface area contributed by atoms with Gasteiger partial charge in [-0.15, -0.1) is 0 Å². The molecular weight excluding hydrogens is 422 g/mol. The van der Waals surface area contributed by atoms with E-state index in [0.29, 0.717) is 11.3 Å². The van der Waals surface area contributed by atoms with Gasteiger partial charge in [-0.3, -0.25) is 20.6 Å². The average Bonchev–Trinajstić information content (AvgIpc) is 3.53. The van der Waals surface area contributed by atoms with Gasteiger partial charge in [0.1, 0.15) is 0 Å². The minimum Gasteiger partial charge on any atom is -0.311 e. The van der Waals surface area contributed by atoms with Crippen LogP contribution in [0.25, 0.3) is 22.0 Å². The van der Waals surface area contributed by atoms with Gasteiger partial charge in [0.15, 0.2) is 0 Å². The minimum atomic E-state index is 0. The third-order valence-electron chi connectivity index (χ3n) is 6.51. The van der Waals surface area contributed by atoms with Crippen molar-refractivity contribution in [2.24, 2.45) is 0 Å². The number of para-hydroxylation sites is 1. The number of hydrogen-bond acceptors (Lipinski definition) is 6. The summed E-state index contributed by atoms with van der Waals surface area (Å²) >= 11 is 0. The number of hydrogen-bond donors (Lipinski definition) is 3. The Hall–Kier alpha value is -3.76. The normalized spacial score (nSPS) is 18.8. The van der Waals surface area contributed by atoms with Gasteiger partial charge in [0, 0.05) is 38.5 Å². The van der Waals surface area contributed by atoms with Gasteiger partial charge < -0.3 is 5.32 Å². The second kappa shape index (κ2) is 10.0. The van der Waals surface area contributed by atoms with E-state index in [0.717, 1.165) is 41.8 Å². The molecule has 0 aliphatic carbocycles. The van der Waals surface area contributed by atoms with E-state index in [9.17, 15) is 0 Å². The molecule has 2 aliphatic rings. The van der Waals surface area contributed by atoms with Gasteiger partial charge in [-0.05, 0) is 53.9 Å². The average molecular weight is 452 g/mol. The summed E-state index contributed by atoms with van der Waals surface area (Å²) in [6.07, 6.45) is 1.31. The van der Waals surface area contributed by atoms with Crippen LogP contribution in [-0.2, 0) is 6.54 Å². The minimum absolute atomic E-state index is 0. The zero-order valence-electron chi connectivity index (χ0n) is 18.9. The van der Waals surface area contributed by atoms with Crippen LogP contribution in [0, 0.1) is 11.3 Å². The number of fused-ring (bicyclic) bond motifs is 3. The molecule has 6 rings (SSSR count). The summed E-state index contributed by atoms with van der Waals surface area (Å²) in [4.78, 5) is 7.33. The first kappa shape index (κ1) is 22.1. The fraction of sp³-hybridized carbons (Fsp3) is 0.214. The molecule has 4 aromatic rings. The number of piperazine rings is 1. The van der Waals surface area contributed by atoms with Crippen LogP contribution < -0.4 is 10.8 Å². The second-order valence-electron chi connectivity index (χ2n) is 8.80. The van der Waals surface area contributed by atoms with Crippen LogP contribution in [0.3, 0.4) is 0 Å². The Bertz CT molecular complexity index is 1340. The number of nitriles is 1. The standard InChI is InChI=1S/C15H17N3.C13H10N2O.H2/c1-2-4-15-11(3-1)5-6-12(17-15)9-18-10-13-7-14(18)8-16-13;14-9-10-3-1-4-11(7-10)12-5-2-6-13(8-12)15-16;/h1-6,13-14,16H,7-10H2;1-8,15-16H;1H/t13-,14-;;/m0../s1. The Labute approximate surface area is 200 Å². The number of likely N-dealkylation sites (tertiary alicyclic amines) is 1. The number of nitrogens with one attached hydrogen (secondary N) is 2. The highest BCUT2D eigenvalue weighted by molar-refractivity contribution is 5.78. The molecule has 0 saturated carbocycles. The molecule has 2 fully saturated rings. The SMILES string of the molecule is N#Cc1cccc(-c2cccc(NO)c2)c1.[HH].c1ccc2nc(CN3C[C@@H]4C[C@H]3CN4)ccc2c1. The van der Waals surface area contributed by atoms with Crippen molar-refractivity contribution in [3.63, 3.8) is 0 Å². The first-order valence-electron chi connectivity index (χ1n) is 11.5. The van der Waals surface area contributed by atoms with Crippen molar-refractivity contribution in [3.8, 4) is 17.2 Å². The van der Waals surface area contributed by atoms with Crippen LogP contribution >= 0.6 is 0 Å². The summed E-state index contributed by atoms with van der Waals surface area (Å²) in [5.41, 5.74) is 7.56. The smallest absolute Gasteiger partial charge is 0.0991 e. The summed E-state index contributed by atoms with van der Waals surface area (Å²) in [5, 5.41) is 22.4. The fourth-order valence-corrected chi connectivity index (χ4v) is 4.78. The van der Waals surface area contributed by atoms with Gasteiger partial charge in [0.25, 0.3) is 0 Å². The highest BCUT2D eigenvalue weighted by Crippen LogP contribution is 2.25. The van der Waals surface area contributed by atoms with Gasteiger partial charge >= 0.3 is 0 Å². The first-order chi connectivity index (χ1) is 16.7. The van der Waals surface area contributed by atoms with E-state index >= 15 is 0 Å². The molecule has 3 N–H and O–H groups in total. The molecule has 0 amide bonds. The summed E-state index contributed by atoms with van der Waals surface area (Å²) < 4.78 is 0. The molecule has 0 spiro atoms. The number of anilines is 1. The number of aromatic nitrogens is 1. The van der Waals surface area contributed by atoms with Crippen molar-refractivity contribution in [1.82, 2.24) is 15.2 Å². The molecule has 2 atom stereocenters. The maximum Gasteiger partial charge on any atom is 0.0991 e. The quantitative estimate of drug-likeness (QED) is 0.377. The fourth-order valence-electron chi connectivity index (χ4n) is 4.78. The van der Waals surface area contributed by atoms with Crippen LogP contribution in [0.2, 0.25) is 0 Å². The van der Waals surface area contributed by atoms with Crippen molar-refractivity contribution in [2.45, 2.75) is 25.0 Å². The zero-order chi connectivity index (χ0) is 23.3. The molecule has 0 radical (unpaired) electrons. The third kappa shape index (κ3) is 4.92. The molecule has 2 bridgehead atoms. The van der Waals surface area contributed by atoms with Crippen molar-refractivity contribution in [2.75, 3.05) is 18.6 Å². The van der Waals surface area contributed by atoms with E-state index in [2.05, 4.69) is 58.2 Å². The Morgan fingerprint density at radius 3 is 2.62 bits per heavy atom. The van der Waals surface area contributed by atoms with E-state index in [-0.39, 0.29) is 1.43 Å². The number of nitrogens with zero attached hydrogens (tertiary/aromatic N) is 3. The maximum atomic E-state index is 8.81. The largest absolute Gasteiger partial charge is 0.311 e. The second-order valence-corrected chi connectivity index (χ2v) is 8.80. The van der Waals surface area contributed by atoms with Crippen LogP contribution in [0.4, 0.5) is 5.69 Å². The predicted molar refractivity (Wildman–Crippen MR) is 136 cm³/mol. The van der Waals surface area contributed by atoms with Gasteiger partial charge in [-0.1, -0.05) is 48.5 Å². The lowest BCUT2D eigenvalue weighted by Gasteiger charge is -2.26. The monoisotopic (exact) mass is 451 g/mol. The van der Waals surface area contributed by atoms with Crippen LogP contribution in [0.5, 0.6) is 0 Å². The van der Waals surface area contributed by atoms with E-state index in [4.69, 9.17) is 15.5 Å². The summed E-state index contributed by atoms with van der Waals surface area (Å²) in [7, 11) is 0. The van der Waals surface area contributed by atoms with E-state index < -0.39 is 0 Å². The van der Waals surface area contributed by atoms with Crippen molar-refractivity contribution in [1.29, 1.82) is 5.26 Å². The Kier molecular flexibility index (Phi) is 6.50. The summed E-state index contributed by atoms with van der Waals surface area (Å²) in [6, 6.07) is 30.9. The van der Waals surface area contributed by atoms with E-state index in [1.165, 1.54) is 24.0 Å². The topological polar surface area (TPSA) is 84.2 Å². The Morgan fingerprint density at radius 1 is 1.03 bits per heavy atom. The van der Waals surface area contributed by atoms with Gasteiger partial charge in [-0.2, -0.15) is 5.26 Å². The zero-order valence-corrected chi connectivity index (χ0v) is 18.9. The molecule has 3 heterocycles. The molecule has 6 nitrogen and oxygen atoms in total. The first-order valence-corrected chi connectivity index (χ1v) is 11.5. The van der Waals surface area contributed by atoms with Crippen molar-refractivity contribution >= 4 is 16.6 Å². The summed E-state index contributed by atoms with van der Waals surface area (Å²) in [6.45, 7) is 3.32. The molecule has 172 valence electrons. The van der Waals surface area contributed by atoms with E-state index in [1.807, 2.05) is 36.4 Å². The molecule has 2 saturated heterocycles. The predicted octanol–water partition coefficient (Wildman–Crippen LogP) is 5.05. The third-order valence-corrected chi connectivity index (χ3v) is 6.51. The molecular formula is C28H29N5O. The van der Waals surface area contributed by atoms with Crippen LogP contribution in [-0.4, -0.2) is 40.3 Å². The van der Waals surface area contributed by atoms with E-state index in [1.54, 1.807) is 12.1 Å². The number of benzene rings is 3. The highest BCUT2D eigenvalue weighted by Gasteiger charge is 2.37.